The van der Waals surface area contributed by atoms with E-state index in [-0.39, 0.29) is 0 Å². The van der Waals surface area contributed by atoms with Crippen LogP contribution in [0.4, 0.5) is 5.82 Å². The second-order valence-electron chi connectivity index (χ2n) is 9.86. The number of ether oxygens (including phenoxy) is 1. The summed E-state index contributed by atoms with van der Waals surface area (Å²) in [7, 11) is 1.61. The van der Waals surface area contributed by atoms with Crippen molar-refractivity contribution in [1.82, 2.24) is 24.8 Å². The average molecular weight is 554 g/mol. The van der Waals surface area contributed by atoms with E-state index >= 15 is 0 Å². The highest BCUT2D eigenvalue weighted by molar-refractivity contribution is 6.37. The summed E-state index contributed by atoms with van der Waals surface area (Å²) in [5.41, 5.74) is 5.41. The first kappa shape index (κ1) is 26.8. The van der Waals surface area contributed by atoms with Gasteiger partial charge >= 0.3 is 0 Å². The summed E-state index contributed by atoms with van der Waals surface area (Å²) in [6.07, 6.45) is 2.33. The van der Waals surface area contributed by atoms with E-state index in [1.54, 1.807) is 19.2 Å². The molecule has 0 saturated carbocycles. The van der Waals surface area contributed by atoms with Gasteiger partial charge in [0.15, 0.2) is 5.65 Å². The third-order valence-corrected chi connectivity index (χ3v) is 7.60. The predicted molar refractivity (Wildman–Crippen MR) is 156 cm³/mol. The van der Waals surface area contributed by atoms with Crippen LogP contribution in [0.2, 0.25) is 10.0 Å². The minimum Gasteiger partial charge on any atom is -0.496 e. The molecule has 1 aliphatic rings. The zero-order valence-electron chi connectivity index (χ0n) is 22.1. The number of hydrogen-bond acceptors (Lipinski definition) is 6. The number of halogens is 2. The van der Waals surface area contributed by atoms with E-state index in [9.17, 15) is 0 Å². The first-order valence-electron chi connectivity index (χ1n) is 13.1. The lowest BCUT2D eigenvalue weighted by Crippen LogP contribution is -2.43. The van der Waals surface area contributed by atoms with Gasteiger partial charge in [0, 0.05) is 48.0 Å². The lowest BCUT2D eigenvalue weighted by molar-refractivity contribution is 0.191. The Labute approximate surface area is 234 Å². The van der Waals surface area contributed by atoms with E-state index in [1.165, 1.54) is 5.56 Å². The van der Waals surface area contributed by atoms with Crippen molar-refractivity contribution in [3.05, 3.63) is 75.5 Å². The zero-order valence-corrected chi connectivity index (χ0v) is 23.6. The van der Waals surface area contributed by atoms with Crippen molar-refractivity contribution < 1.29 is 4.74 Å². The van der Waals surface area contributed by atoms with Crippen LogP contribution >= 0.6 is 23.2 Å². The number of benzene rings is 2. The maximum Gasteiger partial charge on any atom is 0.165 e. The quantitative estimate of drug-likeness (QED) is 0.248. The number of hydrogen-bond donors (Lipinski definition) is 2. The third kappa shape index (κ3) is 5.91. The first-order chi connectivity index (χ1) is 18.4. The fourth-order valence-electron chi connectivity index (χ4n) is 5.22. The van der Waals surface area contributed by atoms with Crippen LogP contribution in [0.25, 0.3) is 16.8 Å². The SMILES string of the molecule is COc1cc(Cl)cc(Cl)c1-c1c(C)nn2c(NCCNC3CCN(Cc4ccccc4)CC3)cc(C)nc12. The molecule has 1 aliphatic heterocycles. The summed E-state index contributed by atoms with van der Waals surface area (Å²) in [5, 5.41) is 13.1. The van der Waals surface area contributed by atoms with Gasteiger partial charge in [-0.05, 0) is 57.5 Å². The average Bonchev–Trinajstić information content (AvgIpc) is 3.23. The highest BCUT2D eigenvalue weighted by atomic mass is 35.5. The van der Waals surface area contributed by atoms with Gasteiger partial charge in [-0.3, -0.25) is 4.90 Å². The molecular weight excluding hydrogens is 519 g/mol. The Morgan fingerprint density at radius 1 is 1.00 bits per heavy atom. The molecule has 1 fully saturated rings. The van der Waals surface area contributed by atoms with Crippen molar-refractivity contribution in [3.63, 3.8) is 0 Å². The fraction of sp³-hybridized carbons (Fsp3) is 0.379. The lowest BCUT2D eigenvalue weighted by Gasteiger charge is -2.32. The summed E-state index contributed by atoms with van der Waals surface area (Å²) >= 11 is 12.8. The number of likely N-dealkylation sites (tertiary alicyclic amines) is 1. The molecule has 0 spiro atoms. The molecule has 0 aliphatic carbocycles. The van der Waals surface area contributed by atoms with Crippen LogP contribution in [0.5, 0.6) is 5.75 Å². The second-order valence-corrected chi connectivity index (χ2v) is 10.7. The first-order valence-corrected chi connectivity index (χ1v) is 13.8. The van der Waals surface area contributed by atoms with Gasteiger partial charge in [0.25, 0.3) is 0 Å². The van der Waals surface area contributed by atoms with Crippen LogP contribution in [-0.2, 0) is 6.54 Å². The number of aromatic nitrogens is 3. The molecule has 9 heteroatoms. The molecule has 38 heavy (non-hydrogen) atoms. The van der Waals surface area contributed by atoms with Crippen LogP contribution in [-0.4, -0.2) is 58.8 Å². The molecule has 0 atom stereocenters. The minimum atomic E-state index is 0.504. The number of methoxy groups -OCH3 is 1. The van der Waals surface area contributed by atoms with Gasteiger partial charge in [-0.15, -0.1) is 0 Å². The molecule has 5 rings (SSSR count). The summed E-state index contributed by atoms with van der Waals surface area (Å²) in [6.45, 7) is 8.87. The summed E-state index contributed by atoms with van der Waals surface area (Å²) in [5.74, 6) is 1.49. The van der Waals surface area contributed by atoms with E-state index in [1.807, 2.05) is 24.4 Å². The lowest BCUT2D eigenvalue weighted by atomic mass is 10.0. The van der Waals surface area contributed by atoms with E-state index in [2.05, 4.69) is 45.9 Å². The molecule has 2 aromatic heterocycles. The maximum atomic E-state index is 6.63. The standard InChI is InChI=1S/C29H34Cl2N6O/c1-19-15-26(33-12-11-32-23-9-13-36(14-10-23)18-21-7-5-4-6-8-21)37-29(34-19)27(20(2)35-37)28-24(31)16-22(30)17-25(28)38-3/h4-8,15-17,23,32-33H,9-14,18H2,1-3H3. The van der Waals surface area contributed by atoms with Crippen LogP contribution < -0.4 is 15.4 Å². The van der Waals surface area contributed by atoms with Gasteiger partial charge in [0.1, 0.15) is 11.6 Å². The largest absolute Gasteiger partial charge is 0.496 e. The molecule has 0 amide bonds. The summed E-state index contributed by atoms with van der Waals surface area (Å²) in [6, 6.07) is 16.8. The normalized spacial score (nSPS) is 14.8. The molecule has 0 unspecified atom stereocenters. The van der Waals surface area contributed by atoms with Crippen molar-refractivity contribution in [2.24, 2.45) is 0 Å². The van der Waals surface area contributed by atoms with E-state index in [0.29, 0.717) is 21.8 Å². The minimum absolute atomic E-state index is 0.504. The topological polar surface area (TPSA) is 66.7 Å². The number of aryl methyl sites for hydroxylation is 2. The number of anilines is 1. The Balaban J connectivity index is 1.23. The summed E-state index contributed by atoms with van der Waals surface area (Å²) < 4.78 is 7.46. The number of nitrogens with zero attached hydrogens (tertiary/aromatic N) is 4. The predicted octanol–water partition coefficient (Wildman–Crippen LogP) is 5.99. The van der Waals surface area contributed by atoms with E-state index in [4.69, 9.17) is 38.0 Å². The van der Waals surface area contributed by atoms with Gasteiger partial charge < -0.3 is 15.4 Å². The van der Waals surface area contributed by atoms with E-state index in [0.717, 1.165) is 79.5 Å². The highest BCUT2D eigenvalue weighted by Crippen LogP contribution is 2.42. The monoisotopic (exact) mass is 552 g/mol. The molecule has 200 valence electrons. The van der Waals surface area contributed by atoms with Crippen LogP contribution in [0.3, 0.4) is 0 Å². The van der Waals surface area contributed by atoms with Crippen molar-refractivity contribution in [1.29, 1.82) is 0 Å². The molecule has 7 nitrogen and oxygen atoms in total. The number of nitrogens with one attached hydrogen (secondary N) is 2. The number of rotatable bonds is 9. The molecule has 1 saturated heterocycles. The molecule has 2 aromatic carbocycles. The van der Waals surface area contributed by atoms with Crippen LogP contribution in [0, 0.1) is 13.8 Å². The van der Waals surface area contributed by atoms with Gasteiger partial charge in [-0.2, -0.15) is 9.61 Å². The Bertz CT molecular complexity index is 1400. The zero-order chi connectivity index (χ0) is 26.6. The van der Waals surface area contributed by atoms with Crippen molar-refractivity contribution in [2.75, 3.05) is 38.6 Å². The van der Waals surface area contributed by atoms with Gasteiger partial charge in [-0.25, -0.2) is 4.98 Å². The van der Waals surface area contributed by atoms with E-state index < -0.39 is 0 Å². The molecular formula is C29H34Cl2N6O. The fourth-order valence-corrected chi connectivity index (χ4v) is 5.79. The van der Waals surface area contributed by atoms with Gasteiger partial charge in [0.05, 0.1) is 23.4 Å². The van der Waals surface area contributed by atoms with Crippen LogP contribution in [0.1, 0.15) is 29.8 Å². The molecule has 4 aromatic rings. The van der Waals surface area contributed by atoms with Crippen LogP contribution in [0.15, 0.2) is 48.5 Å². The Morgan fingerprint density at radius 3 is 2.50 bits per heavy atom. The molecule has 3 heterocycles. The number of fused-ring (bicyclic) bond motifs is 1. The Hall–Kier alpha value is -2.84. The van der Waals surface area contributed by atoms with Crippen molar-refractivity contribution >= 4 is 34.7 Å². The molecule has 0 radical (unpaired) electrons. The van der Waals surface area contributed by atoms with Crippen molar-refractivity contribution in [3.8, 4) is 16.9 Å². The van der Waals surface area contributed by atoms with Gasteiger partial charge in [0.2, 0.25) is 0 Å². The Kier molecular flexibility index (Phi) is 8.39. The van der Waals surface area contributed by atoms with Crippen molar-refractivity contribution in [2.45, 2.75) is 39.3 Å². The van der Waals surface area contributed by atoms with Gasteiger partial charge in [-0.1, -0.05) is 53.5 Å². The number of piperidine rings is 1. The summed E-state index contributed by atoms with van der Waals surface area (Å²) in [4.78, 5) is 7.35. The molecule has 0 bridgehead atoms. The molecule has 2 N–H and O–H groups in total. The Morgan fingerprint density at radius 2 is 1.76 bits per heavy atom. The highest BCUT2D eigenvalue weighted by Gasteiger charge is 2.23. The smallest absolute Gasteiger partial charge is 0.165 e. The maximum absolute atomic E-state index is 6.63. The third-order valence-electron chi connectivity index (χ3n) is 7.08. The second kappa shape index (κ2) is 11.9.